The van der Waals surface area contributed by atoms with Gasteiger partial charge in [-0.1, -0.05) is 32.4 Å². The summed E-state index contributed by atoms with van der Waals surface area (Å²) in [5.41, 5.74) is 7.12. The fourth-order valence-corrected chi connectivity index (χ4v) is 0.606. The van der Waals surface area contributed by atoms with E-state index in [0.717, 1.165) is 13.0 Å². The molecule has 0 radical (unpaired) electrons. The van der Waals surface area contributed by atoms with Gasteiger partial charge in [0.15, 0.2) is 0 Å². The third-order valence-electron chi connectivity index (χ3n) is 1.80. The topological polar surface area (TPSA) is 26.0 Å². The van der Waals surface area contributed by atoms with E-state index in [1.54, 1.807) is 0 Å². The van der Waals surface area contributed by atoms with E-state index in [9.17, 15) is 0 Å². The minimum Gasteiger partial charge on any atom is -0.330 e. The van der Waals surface area contributed by atoms with Gasteiger partial charge in [-0.2, -0.15) is 0 Å². The van der Waals surface area contributed by atoms with Gasteiger partial charge in [0.2, 0.25) is 0 Å². The highest BCUT2D eigenvalue weighted by Gasteiger charge is 2.10. The summed E-state index contributed by atoms with van der Waals surface area (Å²) >= 11 is 0. The van der Waals surface area contributed by atoms with Gasteiger partial charge in [0.1, 0.15) is 0 Å². The summed E-state index contributed by atoms with van der Waals surface area (Å²) in [6, 6.07) is 0. The Morgan fingerprint density at radius 1 is 1.40 bits per heavy atom. The summed E-state index contributed by atoms with van der Waals surface area (Å²) in [6.45, 7) is 9.57. The van der Waals surface area contributed by atoms with Gasteiger partial charge in [0.05, 0.1) is 0 Å². The lowest BCUT2D eigenvalue weighted by Crippen LogP contribution is -2.07. The molecule has 0 atom stereocenters. The molecule has 0 saturated heterocycles. The van der Waals surface area contributed by atoms with Gasteiger partial charge in [-0.05, 0) is 25.3 Å². The highest BCUT2D eigenvalue weighted by molar-refractivity contribution is 5.07. The molecule has 0 aliphatic carbocycles. The maximum Gasteiger partial charge on any atom is -0.00425 e. The smallest absolute Gasteiger partial charge is 0.00425 e. The predicted octanol–water partition coefficient (Wildman–Crippen LogP) is 2.33. The van der Waals surface area contributed by atoms with Gasteiger partial charge < -0.3 is 5.73 Å². The fraction of sp³-hybridized carbons (Fsp3) is 0.778. The Bertz CT molecular complexity index is 117. The van der Waals surface area contributed by atoms with Gasteiger partial charge >= 0.3 is 0 Å². The molecule has 0 spiro atoms. The van der Waals surface area contributed by atoms with Crippen LogP contribution < -0.4 is 5.73 Å². The van der Waals surface area contributed by atoms with Crippen molar-refractivity contribution in [2.24, 2.45) is 11.1 Å². The average Bonchev–Trinajstić information content (AvgIpc) is 1.80. The Balaban J connectivity index is 3.93. The Hall–Kier alpha value is -0.300. The lowest BCUT2D eigenvalue weighted by molar-refractivity contribution is 0.501. The van der Waals surface area contributed by atoms with E-state index in [1.807, 2.05) is 0 Å². The van der Waals surface area contributed by atoms with E-state index in [2.05, 4.69) is 33.8 Å². The van der Waals surface area contributed by atoms with Crippen LogP contribution in [-0.2, 0) is 0 Å². The second kappa shape index (κ2) is 3.77. The van der Waals surface area contributed by atoms with Gasteiger partial charge in [-0.25, -0.2) is 0 Å². The van der Waals surface area contributed by atoms with Crippen LogP contribution in [0.3, 0.4) is 0 Å². The molecule has 0 unspecified atom stereocenters. The van der Waals surface area contributed by atoms with Crippen molar-refractivity contribution >= 4 is 0 Å². The van der Waals surface area contributed by atoms with Gasteiger partial charge in [0.25, 0.3) is 0 Å². The van der Waals surface area contributed by atoms with Crippen LogP contribution in [0.25, 0.3) is 0 Å². The normalized spacial score (nSPS) is 13.9. The molecule has 2 N–H and O–H groups in total. The van der Waals surface area contributed by atoms with E-state index < -0.39 is 0 Å². The number of hydrogen-bond acceptors (Lipinski definition) is 1. The lowest BCUT2D eigenvalue weighted by Gasteiger charge is -2.19. The van der Waals surface area contributed by atoms with E-state index >= 15 is 0 Å². The Morgan fingerprint density at radius 3 is 2.20 bits per heavy atom. The van der Waals surface area contributed by atoms with Crippen LogP contribution in [0.2, 0.25) is 0 Å². The quantitative estimate of drug-likeness (QED) is 0.587. The summed E-state index contributed by atoms with van der Waals surface area (Å²) in [7, 11) is 0. The van der Waals surface area contributed by atoms with E-state index in [0.29, 0.717) is 5.41 Å². The molecule has 0 aromatic rings. The molecule has 0 rings (SSSR count). The molecule has 0 fully saturated rings. The van der Waals surface area contributed by atoms with Crippen molar-refractivity contribution in [3.63, 3.8) is 0 Å². The zero-order valence-electron chi connectivity index (χ0n) is 7.57. The van der Waals surface area contributed by atoms with Crippen molar-refractivity contribution in [3.8, 4) is 0 Å². The number of nitrogens with two attached hydrogens (primary N) is 1. The molecule has 0 amide bonds. The molecular formula is C9H19N. The molecule has 60 valence electrons. The van der Waals surface area contributed by atoms with Crippen LogP contribution in [0.1, 0.15) is 34.1 Å². The molecule has 0 aromatic heterocycles. The Morgan fingerprint density at radius 2 is 1.90 bits per heavy atom. The number of allylic oxidation sites excluding steroid dienone is 1. The maximum atomic E-state index is 5.38. The number of rotatable bonds is 2. The number of hydrogen-bond donors (Lipinski definition) is 1. The Kier molecular flexibility index (Phi) is 3.66. The van der Waals surface area contributed by atoms with Crippen LogP contribution in [0.5, 0.6) is 0 Å². The SMILES string of the molecule is CC(=CCCN)C(C)(C)C. The van der Waals surface area contributed by atoms with Crippen molar-refractivity contribution in [3.05, 3.63) is 11.6 Å². The van der Waals surface area contributed by atoms with E-state index in [-0.39, 0.29) is 0 Å². The standard InChI is InChI=1S/C9H19N/c1-8(6-5-7-10)9(2,3)4/h6H,5,7,10H2,1-4H3. The van der Waals surface area contributed by atoms with Gasteiger partial charge in [0, 0.05) is 0 Å². The van der Waals surface area contributed by atoms with Crippen LogP contribution >= 0.6 is 0 Å². The molecular weight excluding hydrogens is 122 g/mol. The van der Waals surface area contributed by atoms with Gasteiger partial charge in [-0.3, -0.25) is 0 Å². The molecule has 0 aliphatic rings. The fourth-order valence-electron chi connectivity index (χ4n) is 0.606. The summed E-state index contributed by atoms with van der Waals surface area (Å²) < 4.78 is 0. The first-order chi connectivity index (χ1) is 4.48. The molecule has 1 nitrogen and oxygen atoms in total. The molecule has 0 saturated carbocycles. The maximum absolute atomic E-state index is 5.38. The molecule has 0 aromatic carbocycles. The molecule has 0 bridgehead atoms. The largest absolute Gasteiger partial charge is 0.330 e. The van der Waals surface area contributed by atoms with Crippen LogP contribution in [0, 0.1) is 5.41 Å². The molecule has 0 heterocycles. The lowest BCUT2D eigenvalue weighted by atomic mass is 9.87. The minimum absolute atomic E-state index is 0.315. The molecule has 0 aliphatic heterocycles. The monoisotopic (exact) mass is 141 g/mol. The summed E-state index contributed by atoms with van der Waals surface area (Å²) in [5.74, 6) is 0. The highest BCUT2D eigenvalue weighted by atomic mass is 14.5. The first-order valence-electron chi connectivity index (χ1n) is 3.86. The van der Waals surface area contributed by atoms with Crippen molar-refractivity contribution in [2.75, 3.05) is 6.54 Å². The first kappa shape index (κ1) is 9.70. The van der Waals surface area contributed by atoms with Crippen LogP contribution in [0.4, 0.5) is 0 Å². The van der Waals surface area contributed by atoms with Crippen molar-refractivity contribution in [2.45, 2.75) is 34.1 Å². The van der Waals surface area contributed by atoms with E-state index in [1.165, 1.54) is 5.57 Å². The molecule has 1 heteroatoms. The molecule has 10 heavy (non-hydrogen) atoms. The van der Waals surface area contributed by atoms with Crippen molar-refractivity contribution in [1.29, 1.82) is 0 Å². The summed E-state index contributed by atoms with van der Waals surface area (Å²) in [5, 5.41) is 0. The second-order valence-electron chi connectivity index (χ2n) is 3.71. The van der Waals surface area contributed by atoms with Crippen LogP contribution in [-0.4, -0.2) is 6.54 Å². The third kappa shape index (κ3) is 3.67. The predicted molar refractivity (Wildman–Crippen MR) is 46.9 cm³/mol. The zero-order valence-corrected chi connectivity index (χ0v) is 7.57. The van der Waals surface area contributed by atoms with Crippen molar-refractivity contribution < 1.29 is 0 Å². The highest BCUT2D eigenvalue weighted by Crippen LogP contribution is 2.24. The summed E-state index contributed by atoms with van der Waals surface area (Å²) in [6.07, 6.45) is 3.23. The second-order valence-corrected chi connectivity index (χ2v) is 3.71. The third-order valence-corrected chi connectivity index (χ3v) is 1.80. The average molecular weight is 141 g/mol. The zero-order chi connectivity index (χ0) is 8.20. The minimum atomic E-state index is 0.315. The van der Waals surface area contributed by atoms with E-state index in [4.69, 9.17) is 5.73 Å². The summed E-state index contributed by atoms with van der Waals surface area (Å²) in [4.78, 5) is 0. The van der Waals surface area contributed by atoms with Crippen molar-refractivity contribution in [1.82, 2.24) is 0 Å². The van der Waals surface area contributed by atoms with Crippen LogP contribution in [0.15, 0.2) is 11.6 Å². The Labute approximate surface area is 64.3 Å². The van der Waals surface area contributed by atoms with Gasteiger partial charge in [-0.15, -0.1) is 0 Å². The first-order valence-corrected chi connectivity index (χ1v) is 3.86.